The van der Waals surface area contributed by atoms with Crippen molar-refractivity contribution < 1.29 is 23.9 Å². The Morgan fingerprint density at radius 1 is 1.36 bits per heavy atom. The number of nitrogens with zero attached hydrogens (tertiary/aromatic N) is 1. The van der Waals surface area contributed by atoms with Crippen molar-refractivity contribution in [3.05, 3.63) is 18.2 Å². The smallest absolute Gasteiger partial charge is 0.408 e. The third-order valence-electron chi connectivity index (χ3n) is 2.60. The molecular formula is C14H21N3O5. The lowest BCUT2D eigenvalue weighted by molar-refractivity contribution is -0.143. The summed E-state index contributed by atoms with van der Waals surface area (Å²) in [5, 5.41) is 2.47. The molecule has 0 saturated carbocycles. The van der Waals surface area contributed by atoms with Crippen LogP contribution in [-0.2, 0) is 25.5 Å². The predicted octanol–water partition coefficient (Wildman–Crippen LogP) is 0.978. The Morgan fingerprint density at radius 2 is 2.05 bits per heavy atom. The number of hydrogen-bond acceptors (Lipinski definition) is 6. The number of Topliss-reactive ketones (excluding diaryl/α,β-unsaturated/α-hetero) is 1. The summed E-state index contributed by atoms with van der Waals surface area (Å²) < 4.78 is 9.59. The van der Waals surface area contributed by atoms with E-state index >= 15 is 0 Å². The number of H-pyrrole nitrogens is 1. The molecular weight excluding hydrogens is 290 g/mol. The van der Waals surface area contributed by atoms with E-state index in [1.807, 2.05) is 0 Å². The maximum absolute atomic E-state index is 12.1. The van der Waals surface area contributed by atoms with E-state index in [1.165, 1.54) is 19.6 Å². The van der Waals surface area contributed by atoms with Gasteiger partial charge in [0.1, 0.15) is 12.0 Å². The summed E-state index contributed by atoms with van der Waals surface area (Å²) in [5.41, 5.74) is -0.0344. The van der Waals surface area contributed by atoms with Crippen LogP contribution in [0.1, 0.15) is 32.9 Å². The van der Waals surface area contributed by atoms with Crippen LogP contribution in [0, 0.1) is 0 Å². The molecule has 0 bridgehead atoms. The molecule has 0 spiro atoms. The fraction of sp³-hybridized carbons (Fsp3) is 0.571. The Kier molecular flexibility index (Phi) is 6.09. The van der Waals surface area contributed by atoms with Gasteiger partial charge in [-0.2, -0.15) is 0 Å². The number of carbonyl (C=O) groups is 3. The lowest BCUT2D eigenvalue weighted by Crippen LogP contribution is -2.45. The molecule has 1 rings (SSSR count). The molecule has 0 unspecified atom stereocenters. The molecule has 1 amide bonds. The molecule has 0 aliphatic carbocycles. The van der Waals surface area contributed by atoms with Crippen molar-refractivity contribution >= 4 is 17.8 Å². The second kappa shape index (κ2) is 7.58. The van der Waals surface area contributed by atoms with Gasteiger partial charge < -0.3 is 19.8 Å². The van der Waals surface area contributed by atoms with Crippen LogP contribution in [0.15, 0.2) is 12.5 Å². The number of rotatable bonds is 6. The quantitative estimate of drug-likeness (QED) is 0.598. The number of alkyl carbamates (subject to hydrolysis) is 1. The second-order valence-electron chi connectivity index (χ2n) is 5.70. The highest BCUT2D eigenvalue weighted by molar-refractivity contribution is 5.99. The van der Waals surface area contributed by atoms with E-state index in [1.54, 1.807) is 20.8 Å². The molecule has 22 heavy (non-hydrogen) atoms. The van der Waals surface area contributed by atoms with Crippen molar-refractivity contribution in [3.8, 4) is 0 Å². The highest BCUT2D eigenvalue weighted by Gasteiger charge is 2.26. The van der Waals surface area contributed by atoms with Crippen molar-refractivity contribution in [2.45, 2.75) is 45.3 Å². The van der Waals surface area contributed by atoms with Crippen LogP contribution in [0.2, 0.25) is 0 Å². The van der Waals surface area contributed by atoms with E-state index in [-0.39, 0.29) is 6.42 Å². The van der Waals surface area contributed by atoms with E-state index in [0.29, 0.717) is 5.69 Å². The van der Waals surface area contributed by atoms with Crippen molar-refractivity contribution in [2.75, 3.05) is 7.11 Å². The van der Waals surface area contributed by atoms with Gasteiger partial charge in [-0.1, -0.05) is 0 Å². The lowest BCUT2D eigenvalue weighted by atomic mass is 10.0. The molecule has 0 radical (unpaired) electrons. The minimum absolute atomic E-state index is 0.176. The molecule has 8 heteroatoms. The third kappa shape index (κ3) is 6.38. The summed E-state index contributed by atoms with van der Waals surface area (Å²) in [5.74, 6) is -1.13. The highest BCUT2D eigenvalue weighted by Crippen LogP contribution is 2.09. The average molecular weight is 311 g/mol. The topological polar surface area (TPSA) is 110 Å². The first-order valence-corrected chi connectivity index (χ1v) is 6.77. The molecule has 1 atom stereocenters. The second-order valence-corrected chi connectivity index (χ2v) is 5.70. The Labute approximate surface area is 128 Å². The summed E-state index contributed by atoms with van der Waals surface area (Å²) in [6, 6.07) is -0.908. The van der Waals surface area contributed by atoms with Gasteiger partial charge in [0.2, 0.25) is 0 Å². The Bertz CT molecular complexity index is 519. The number of ether oxygens (including phenoxy) is 2. The molecule has 122 valence electrons. The van der Waals surface area contributed by atoms with Crippen molar-refractivity contribution in [1.82, 2.24) is 15.3 Å². The zero-order valence-electron chi connectivity index (χ0n) is 13.1. The summed E-state index contributed by atoms with van der Waals surface area (Å²) >= 11 is 0. The van der Waals surface area contributed by atoms with Gasteiger partial charge in [0.15, 0.2) is 5.78 Å². The number of amides is 1. The average Bonchev–Trinajstić information content (AvgIpc) is 2.88. The monoisotopic (exact) mass is 311 g/mol. The Balaban J connectivity index is 2.75. The fourth-order valence-electron chi connectivity index (χ4n) is 1.65. The standard InChI is InChI=1S/C14H21N3O5/c1-14(2,3)22-13(20)17-10(5-9-7-15-8-16-9)11(18)6-12(19)21-4/h7-8,10H,5-6H2,1-4H3,(H,15,16)(H,17,20)/t10-/m0/s1. The number of carbonyl (C=O) groups excluding carboxylic acids is 3. The number of nitrogens with one attached hydrogen (secondary N) is 2. The van der Waals surface area contributed by atoms with E-state index in [2.05, 4.69) is 20.0 Å². The van der Waals surface area contributed by atoms with Crippen molar-refractivity contribution in [2.24, 2.45) is 0 Å². The van der Waals surface area contributed by atoms with Crippen molar-refractivity contribution in [3.63, 3.8) is 0 Å². The van der Waals surface area contributed by atoms with Crippen LogP contribution in [0.25, 0.3) is 0 Å². The molecule has 0 aliphatic rings. The summed E-state index contributed by atoms with van der Waals surface area (Å²) in [7, 11) is 1.20. The van der Waals surface area contributed by atoms with Gasteiger partial charge in [0, 0.05) is 18.3 Å². The number of methoxy groups -OCH3 is 1. The van der Waals surface area contributed by atoms with Gasteiger partial charge in [-0.15, -0.1) is 0 Å². The van der Waals surface area contributed by atoms with E-state index < -0.39 is 35.9 Å². The number of hydrogen-bond donors (Lipinski definition) is 2. The van der Waals surface area contributed by atoms with E-state index in [0.717, 1.165) is 0 Å². The fourth-order valence-corrected chi connectivity index (χ4v) is 1.65. The molecule has 0 saturated heterocycles. The largest absolute Gasteiger partial charge is 0.469 e. The minimum Gasteiger partial charge on any atom is -0.469 e. The molecule has 0 aliphatic heterocycles. The normalized spacial score (nSPS) is 12.4. The van der Waals surface area contributed by atoms with Crippen LogP contribution in [-0.4, -0.2) is 46.6 Å². The Hall–Kier alpha value is -2.38. The van der Waals surface area contributed by atoms with Gasteiger partial charge in [0.25, 0.3) is 0 Å². The SMILES string of the molecule is COC(=O)CC(=O)[C@H](Cc1cnc[nH]1)NC(=O)OC(C)(C)C. The molecule has 0 fully saturated rings. The number of imidazole rings is 1. The number of esters is 1. The van der Waals surface area contributed by atoms with Gasteiger partial charge in [0.05, 0.1) is 19.5 Å². The molecule has 1 aromatic heterocycles. The lowest BCUT2D eigenvalue weighted by Gasteiger charge is -2.22. The van der Waals surface area contributed by atoms with Crippen LogP contribution in [0.3, 0.4) is 0 Å². The van der Waals surface area contributed by atoms with Gasteiger partial charge in [-0.3, -0.25) is 9.59 Å². The first-order valence-electron chi connectivity index (χ1n) is 6.77. The molecule has 1 aromatic rings. The number of aromatic nitrogens is 2. The maximum atomic E-state index is 12.1. The predicted molar refractivity (Wildman–Crippen MR) is 77.1 cm³/mol. The maximum Gasteiger partial charge on any atom is 0.408 e. The summed E-state index contributed by atoms with van der Waals surface area (Å²) in [6.45, 7) is 5.15. The van der Waals surface area contributed by atoms with Gasteiger partial charge in [-0.25, -0.2) is 9.78 Å². The summed E-state index contributed by atoms with van der Waals surface area (Å²) in [6.07, 6.45) is 2.02. The molecule has 0 aromatic carbocycles. The van der Waals surface area contributed by atoms with Crippen LogP contribution < -0.4 is 5.32 Å². The molecule has 8 nitrogen and oxygen atoms in total. The van der Waals surface area contributed by atoms with E-state index in [9.17, 15) is 14.4 Å². The van der Waals surface area contributed by atoms with E-state index in [4.69, 9.17) is 4.74 Å². The van der Waals surface area contributed by atoms with Crippen LogP contribution in [0.4, 0.5) is 4.79 Å². The number of ketones is 1. The van der Waals surface area contributed by atoms with Crippen molar-refractivity contribution in [1.29, 1.82) is 0 Å². The Morgan fingerprint density at radius 3 is 2.55 bits per heavy atom. The zero-order chi connectivity index (χ0) is 16.8. The first kappa shape index (κ1) is 17.7. The highest BCUT2D eigenvalue weighted by atomic mass is 16.6. The van der Waals surface area contributed by atoms with Gasteiger partial charge in [-0.05, 0) is 20.8 Å². The number of aromatic amines is 1. The third-order valence-corrected chi connectivity index (χ3v) is 2.60. The van der Waals surface area contributed by atoms with Crippen LogP contribution >= 0.6 is 0 Å². The zero-order valence-corrected chi connectivity index (χ0v) is 13.1. The molecule has 2 N–H and O–H groups in total. The molecule has 1 heterocycles. The van der Waals surface area contributed by atoms with Crippen LogP contribution in [0.5, 0.6) is 0 Å². The minimum atomic E-state index is -0.908. The first-order chi connectivity index (χ1) is 10.2. The van der Waals surface area contributed by atoms with Gasteiger partial charge >= 0.3 is 12.1 Å². The summed E-state index contributed by atoms with van der Waals surface area (Å²) in [4.78, 5) is 41.9.